The number of halogens is 2. The van der Waals surface area contributed by atoms with E-state index in [4.69, 9.17) is 16.0 Å². The minimum Gasteiger partial charge on any atom is -0.418 e. The fourth-order valence-electron chi connectivity index (χ4n) is 2.84. The minimum absolute atomic E-state index is 0.309. The van der Waals surface area contributed by atoms with Gasteiger partial charge in [0.1, 0.15) is 11.9 Å². The lowest BCUT2D eigenvalue weighted by Crippen LogP contribution is -2.13. The van der Waals surface area contributed by atoms with E-state index in [-0.39, 0.29) is 5.82 Å². The zero-order valence-electron chi connectivity index (χ0n) is 15.1. The van der Waals surface area contributed by atoms with Crippen LogP contribution in [-0.2, 0) is 0 Å². The number of nitrogens with zero attached hydrogens (tertiary/aromatic N) is 2. The maximum atomic E-state index is 13.4. The van der Waals surface area contributed by atoms with Crippen LogP contribution in [0.15, 0.2) is 77.2 Å². The summed E-state index contributed by atoms with van der Waals surface area (Å²) in [6, 6.07) is 20.9. The molecule has 140 valence electrons. The van der Waals surface area contributed by atoms with Crippen molar-refractivity contribution >= 4 is 17.3 Å². The van der Waals surface area contributed by atoms with Crippen molar-refractivity contribution in [3.63, 3.8) is 0 Å². The Balaban J connectivity index is 1.71. The van der Waals surface area contributed by atoms with E-state index in [0.717, 1.165) is 22.4 Å². The topological polar surface area (TPSA) is 51.0 Å². The second kappa shape index (κ2) is 7.82. The molecule has 28 heavy (non-hydrogen) atoms. The van der Waals surface area contributed by atoms with E-state index in [1.165, 1.54) is 12.1 Å². The zero-order valence-corrected chi connectivity index (χ0v) is 15.8. The molecule has 4 aromatic rings. The van der Waals surface area contributed by atoms with E-state index in [9.17, 15) is 4.39 Å². The van der Waals surface area contributed by atoms with Crippen molar-refractivity contribution in [2.45, 2.75) is 13.0 Å². The Morgan fingerprint density at radius 2 is 1.71 bits per heavy atom. The monoisotopic (exact) mass is 393 g/mol. The van der Waals surface area contributed by atoms with Crippen LogP contribution in [0.1, 0.15) is 23.1 Å². The average Bonchev–Trinajstić information content (AvgIpc) is 3.20. The number of anilines is 1. The van der Waals surface area contributed by atoms with Gasteiger partial charge < -0.3 is 9.73 Å². The molecule has 0 fully saturated rings. The fraction of sp³-hybridized carbons (Fsp3) is 0.0909. The molecule has 0 bridgehead atoms. The molecule has 1 aromatic heterocycles. The third-order valence-electron chi connectivity index (χ3n) is 4.39. The second-order valence-corrected chi connectivity index (χ2v) is 6.81. The third-order valence-corrected chi connectivity index (χ3v) is 4.80. The third kappa shape index (κ3) is 3.89. The maximum Gasteiger partial charge on any atom is 0.247 e. The van der Waals surface area contributed by atoms with Crippen molar-refractivity contribution in [2.24, 2.45) is 0 Å². The molecule has 1 N–H and O–H groups in total. The standard InChI is InChI=1S/C22H17ClFN3O/c1-14-7-12-18(13-19(14)23)25-20(15-8-10-17(24)11-9-15)22-27-26-21(28-22)16-5-3-2-4-6-16/h2-13,20,25H,1H3/t20-/m1/s1. The normalized spacial score (nSPS) is 12.0. The second-order valence-electron chi connectivity index (χ2n) is 6.40. The highest BCUT2D eigenvalue weighted by Crippen LogP contribution is 2.30. The first-order chi connectivity index (χ1) is 13.6. The molecule has 0 saturated carbocycles. The smallest absolute Gasteiger partial charge is 0.247 e. The van der Waals surface area contributed by atoms with Gasteiger partial charge in [0.15, 0.2) is 0 Å². The molecular formula is C22H17ClFN3O. The molecule has 4 rings (SSSR count). The van der Waals surface area contributed by atoms with Crippen LogP contribution < -0.4 is 5.32 Å². The van der Waals surface area contributed by atoms with E-state index >= 15 is 0 Å². The number of benzene rings is 3. The van der Waals surface area contributed by atoms with Crippen LogP contribution in [0.2, 0.25) is 5.02 Å². The van der Waals surface area contributed by atoms with Crippen molar-refractivity contribution < 1.29 is 8.81 Å². The van der Waals surface area contributed by atoms with Crippen molar-refractivity contribution in [3.05, 3.63) is 101 Å². The van der Waals surface area contributed by atoms with Crippen molar-refractivity contribution in [3.8, 4) is 11.5 Å². The largest absolute Gasteiger partial charge is 0.418 e. The maximum absolute atomic E-state index is 13.4. The van der Waals surface area contributed by atoms with E-state index in [1.807, 2.05) is 55.5 Å². The first-order valence-electron chi connectivity index (χ1n) is 8.77. The van der Waals surface area contributed by atoms with Crippen LogP contribution in [0, 0.1) is 12.7 Å². The van der Waals surface area contributed by atoms with Crippen LogP contribution in [0.25, 0.3) is 11.5 Å². The molecule has 0 unspecified atom stereocenters. The predicted molar refractivity (Wildman–Crippen MR) is 108 cm³/mol. The summed E-state index contributed by atoms with van der Waals surface area (Å²) in [5, 5.41) is 12.4. The number of aromatic nitrogens is 2. The molecule has 4 nitrogen and oxygen atoms in total. The number of rotatable bonds is 5. The first-order valence-corrected chi connectivity index (χ1v) is 9.15. The lowest BCUT2D eigenvalue weighted by atomic mass is 10.1. The van der Waals surface area contributed by atoms with Crippen molar-refractivity contribution in [2.75, 3.05) is 5.32 Å². The van der Waals surface area contributed by atoms with Gasteiger partial charge in [-0.25, -0.2) is 4.39 Å². The summed E-state index contributed by atoms with van der Waals surface area (Å²) in [5.74, 6) is 0.491. The van der Waals surface area contributed by atoms with Crippen LogP contribution in [0.3, 0.4) is 0 Å². The van der Waals surface area contributed by atoms with E-state index in [0.29, 0.717) is 16.8 Å². The van der Waals surface area contributed by atoms with Gasteiger partial charge in [0.25, 0.3) is 0 Å². The molecule has 0 amide bonds. The van der Waals surface area contributed by atoms with Gasteiger partial charge in [0, 0.05) is 16.3 Å². The SMILES string of the molecule is Cc1ccc(N[C@H](c2ccc(F)cc2)c2nnc(-c3ccccc3)o2)cc1Cl. The van der Waals surface area contributed by atoms with E-state index in [1.54, 1.807) is 12.1 Å². The van der Waals surface area contributed by atoms with Gasteiger partial charge >= 0.3 is 0 Å². The molecule has 0 radical (unpaired) electrons. The quantitative estimate of drug-likeness (QED) is 0.449. The Morgan fingerprint density at radius 1 is 0.964 bits per heavy atom. The summed E-state index contributed by atoms with van der Waals surface area (Å²) in [7, 11) is 0. The summed E-state index contributed by atoms with van der Waals surface area (Å²) in [4.78, 5) is 0. The zero-order chi connectivity index (χ0) is 19.5. The van der Waals surface area contributed by atoms with Crippen LogP contribution in [0.4, 0.5) is 10.1 Å². The Bertz CT molecular complexity index is 1080. The molecule has 6 heteroatoms. The summed E-state index contributed by atoms with van der Waals surface area (Å²) in [6.45, 7) is 1.94. The van der Waals surface area contributed by atoms with Crippen LogP contribution in [-0.4, -0.2) is 10.2 Å². The van der Waals surface area contributed by atoms with Gasteiger partial charge in [0.05, 0.1) is 0 Å². The molecule has 0 spiro atoms. The minimum atomic E-state index is -0.454. The average molecular weight is 394 g/mol. The van der Waals surface area contributed by atoms with Gasteiger partial charge in [-0.2, -0.15) is 0 Å². The van der Waals surface area contributed by atoms with Crippen molar-refractivity contribution in [1.29, 1.82) is 0 Å². The lowest BCUT2D eigenvalue weighted by Gasteiger charge is -2.17. The fourth-order valence-corrected chi connectivity index (χ4v) is 3.02. The summed E-state index contributed by atoms with van der Waals surface area (Å²) in [5.41, 5.74) is 3.40. The van der Waals surface area contributed by atoms with E-state index < -0.39 is 6.04 Å². The van der Waals surface area contributed by atoms with Crippen LogP contribution >= 0.6 is 11.6 Å². The van der Waals surface area contributed by atoms with Crippen molar-refractivity contribution in [1.82, 2.24) is 10.2 Å². The summed E-state index contributed by atoms with van der Waals surface area (Å²) < 4.78 is 19.3. The highest BCUT2D eigenvalue weighted by atomic mass is 35.5. The van der Waals surface area contributed by atoms with Gasteiger partial charge in [-0.3, -0.25) is 0 Å². The van der Waals surface area contributed by atoms with Crippen LogP contribution in [0.5, 0.6) is 0 Å². The molecule has 0 aliphatic rings. The molecule has 0 aliphatic heterocycles. The van der Waals surface area contributed by atoms with Gasteiger partial charge in [0.2, 0.25) is 11.8 Å². The molecule has 3 aromatic carbocycles. The Labute approximate surface area is 167 Å². The van der Waals surface area contributed by atoms with E-state index in [2.05, 4.69) is 15.5 Å². The number of hydrogen-bond acceptors (Lipinski definition) is 4. The molecule has 1 heterocycles. The lowest BCUT2D eigenvalue weighted by molar-refractivity contribution is 0.494. The van der Waals surface area contributed by atoms with Gasteiger partial charge in [-0.15, -0.1) is 10.2 Å². The number of hydrogen-bond donors (Lipinski definition) is 1. The van der Waals surface area contributed by atoms with Gasteiger partial charge in [-0.1, -0.05) is 48.0 Å². The predicted octanol–water partition coefficient (Wildman–Crippen LogP) is 6.04. The summed E-state index contributed by atoms with van der Waals surface area (Å²) in [6.07, 6.45) is 0. The molecule has 0 aliphatic carbocycles. The molecule has 0 saturated heterocycles. The first kappa shape index (κ1) is 18.2. The number of aryl methyl sites for hydroxylation is 1. The molecular weight excluding hydrogens is 377 g/mol. The molecule has 1 atom stereocenters. The summed E-state index contributed by atoms with van der Waals surface area (Å²) >= 11 is 6.25. The number of nitrogens with one attached hydrogen (secondary N) is 1. The Hall–Kier alpha value is -3.18. The highest BCUT2D eigenvalue weighted by molar-refractivity contribution is 6.31. The van der Waals surface area contributed by atoms with Gasteiger partial charge in [-0.05, 0) is 54.4 Å². The highest BCUT2D eigenvalue weighted by Gasteiger charge is 2.22. The Morgan fingerprint density at radius 3 is 2.43 bits per heavy atom. The Kier molecular flexibility index (Phi) is 5.08.